The van der Waals surface area contributed by atoms with Crippen LogP contribution in [0.1, 0.15) is 31.9 Å². The summed E-state index contributed by atoms with van der Waals surface area (Å²) in [4.78, 5) is 12.5. The van der Waals surface area contributed by atoms with E-state index in [1.807, 2.05) is 43.3 Å². The highest BCUT2D eigenvalue weighted by molar-refractivity contribution is 5.81. The van der Waals surface area contributed by atoms with Gasteiger partial charge >= 0.3 is 0 Å². The summed E-state index contributed by atoms with van der Waals surface area (Å²) in [5, 5.41) is 3.03. The van der Waals surface area contributed by atoms with Crippen molar-refractivity contribution in [1.29, 1.82) is 0 Å². The lowest BCUT2D eigenvalue weighted by molar-refractivity contribution is -0.128. The second-order valence-corrected chi connectivity index (χ2v) is 5.65. The summed E-state index contributed by atoms with van der Waals surface area (Å²) in [6.45, 7) is 3.75. The minimum absolute atomic E-state index is 0.0814. The molecule has 5 nitrogen and oxygen atoms in total. The lowest BCUT2D eigenvalue weighted by Gasteiger charge is -2.21. The van der Waals surface area contributed by atoms with E-state index in [4.69, 9.17) is 14.2 Å². The fraction of sp³-hybridized carbons (Fsp3) is 0.350. The third-order valence-corrected chi connectivity index (χ3v) is 3.98. The van der Waals surface area contributed by atoms with Crippen molar-refractivity contribution in [2.24, 2.45) is 0 Å². The first-order valence-corrected chi connectivity index (χ1v) is 8.33. The van der Waals surface area contributed by atoms with Gasteiger partial charge in [0.15, 0.2) is 17.6 Å². The quantitative estimate of drug-likeness (QED) is 0.793. The summed E-state index contributed by atoms with van der Waals surface area (Å²) in [7, 11) is 3.20. The molecule has 0 aliphatic carbocycles. The molecule has 0 spiro atoms. The zero-order chi connectivity index (χ0) is 18.2. The molecular formula is C20H25NO4. The van der Waals surface area contributed by atoms with Gasteiger partial charge in [-0.25, -0.2) is 0 Å². The number of ether oxygens (including phenoxy) is 3. The molecule has 2 atom stereocenters. The molecule has 0 saturated heterocycles. The first-order valence-electron chi connectivity index (χ1n) is 8.33. The van der Waals surface area contributed by atoms with Crippen LogP contribution in [0.5, 0.6) is 17.2 Å². The summed E-state index contributed by atoms with van der Waals surface area (Å²) < 4.78 is 16.2. The predicted octanol–water partition coefficient (Wildman–Crippen LogP) is 3.74. The number of carbonyl (C=O) groups is 1. The summed E-state index contributed by atoms with van der Waals surface area (Å²) >= 11 is 0. The average Bonchev–Trinajstić information content (AvgIpc) is 2.66. The molecule has 2 rings (SSSR count). The lowest BCUT2D eigenvalue weighted by Crippen LogP contribution is -2.38. The number of para-hydroxylation sites is 2. The maximum Gasteiger partial charge on any atom is 0.261 e. The Morgan fingerprint density at radius 2 is 1.64 bits per heavy atom. The normalized spacial score (nSPS) is 12.8. The minimum atomic E-state index is -0.636. The van der Waals surface area contributed by atoms with Crippen LogP contribution in [-0.4, -0.2) is 26.2 Å². The number of rotatable bonds is 8. The second-order valence-electron chi connectivity index (χ2n) is 5.65. The van der Waals surface area contributed by atoms with Crippen LogP contribution >= 0.6 is 0 Å². The van der Waals surface area contributed by atoms with E-state index in [1.165, 1.54) is 0 Å². The van der Waals surface area contributed by atoms with Gasteiger partial charge in [-0.1, -0.05) is 31.2 Å². The van der Waals surface area contributed by atoms with Crippen molar-refractivity contribution in [2.75, 3.05) is 14.2 Å². The van der Waals surface area contributed by atoms with E-state index in [0.717, 1.165) is 17.7 Å². The Balaban J connectivity index is 2.02. The van der Waals surface area contributed by atoms with Crippen LogP contribution in [0.4, 0.5) is 0 Å². The molecule has 25 heavy (non-hydrogen) atoms. The molecule has 1 amide bonds. The Hall–Kier alpha value is -2.69. The zero-order valence-electron chi connectivity index (χ0n) is 15.1. The van der Waals surface area contributed by atoms with Crippen LogP contribution in [0.25, 0.3) is 0 Å². The molecule has 134 valence electrons. The maximum absolute atomic E-state index is 12.5. The van der Waals surface area contributed by atoms with Crippen molar-refractivity contribution in [1.82, 2.24) is 5.32 Å². The molecule has 0 aliphatic rings. The van der Waals surface area contributed by atoms with E-state index in [-0.39, 0.29) is 11.9 Å². The minimum Gasteiger partial charge on any atom is -0.497 e. The molecule has 1 N–H and O–H groups in total. The standard InChI is InChI=1S/C20H25NO4/c1-5-17(15-10-12-16(23-3)13-11-15)21-20(22)14(2)25-19-9-7-6-8-18(19)24-4/h6-14,17H,5H2,1-4H3,(H,21,22)/t14-,17-/m1/s1. The molecule has 2 aromatic rings. The number of carbonyl (C=O) groups excluding carboxylic acids is 1. The molecule has 0 aromatic heterocycles. The number of hydrogen-bond donors (Lipinski definition) is 1. The van der Waals surface area contributed by atoms with Gasteiger partial charge in [0.1, 0.15) is 5.75 Å². The molecule has 0 radical (unpaired) electrons. The van der Waals surface area contributed by atoms with Crippen molar-refractivity contribution in [3.63, 3.8) is 0 Å². The number of amides is 1. The molecular weight excluding hydrogens is 318 g/mol. The molecule has 0 unspecified atom stereocenters. The molecule has 0 bridgehead atoms. The summed E-state index contributed by atoms with van der Waals surface area (Å²) in [5.41, 5.74) is 1.03. The topological polar surface area (TPSA) is 56.8 Å². The monoisotopic (exact) mass is 343 g/mol. The Labute approximate surface area is 148 Å². The van der Waals surface area contributed by atoms with E-state index in [9.17, 15) is 4.79 Å². The number of nitrogens with one attached hydrogen (secondary N) is 1. The largest absolute Gasteiger partial charge is 0.497 e. The van der Waals surface area contributed by atoms with Crippen molar-refractivity contribution in [3.8, 4) is 17.2 Å². The van der Waals surface area contributed by atoms with Crippen LogP contribution in [0.2, 0.25) is 0 Å². The molecule has 0 heterocycles. The predicted molar refractivity (Wildman–Crippen MR) is 97.3 cm³/mol. The Morgan fingerprint density at radius 1 is 1.00 bits per heavy atom. The van der Waals surface area contributed by atoms with Gasteiger partial charge < -0.3 is 19.5 Å². The van der Waals surface area contributed by atoms with E-state index in [1.54, 1.807) is 33.3 Å². The fourth-order valence-electron chi connectivity index (χ4n) is 2.51. The fourth-order valence-corrected chi connectivity index (χ4v) is 2.51. The number of methoxy groups -OCH3 is 2. The average molecular weight is 343 g/mol. The van der Waals surface area contributed by atoms with E-state index in [0.29, 0.717) is 11.5 Å². The van der Waals surface area contributed by atoms with Gasteiger partial charge in [-0.05, 0) is 43.2 Å². The lowest BCUT2D eigenvalue weighted by atomic mass is 10.0. The molecule has 5 heteroatoms. The highest BCUT2D eigenvalue weighted by atomic mass is 16.5. The molecule has 2 aromatic carbocycles. The second kappa shape index (κ2) is 8.97. The van der Waals surface area contributed by atoms with Crippen molar-refractivity contribution in [3.05, 3.63) is 54.1 Å². The van der Waals surface area contributed by atoms with Gasteiger partial charge in [0.25, 0.3) is 5.91 Å². The summed E-state index contributed by atoms with van der Waals surface area (Å²) in [5.74, 6) is 1.76. The first kappa shape index (κ1) is 18.6. The van der Waals surface area contributed by atoms with Gasteiger partial charge in [0.2, 0.25) is 0 Å². The van der Waals surface area contributed by atoms with Gasteiger partial charge in [-0.15, -0.1) is 0 Å². The Kier molecular flexibility index (Phi) is 6.69. The summed E-state index contributed by atoms with van der Waals surface area (Å²) in [6, 6.07) is 14.9. The van der Waals surface area contributed by atoms with Crippen LogP contribution in [0, 0.1) is 0 Å². The van der Waals surface area contributed by atoms with Crippen LogP contribution in [0.3, 0.4) is 0 Å². The number of hydrogen-bond acceptors (Lipinski definition) is 4. The maximum atomic E-state index is 12.5. The third kappa shape index (κ3) is 4.89. The highest BCUT2D eigenvalue weighted by Gasteiger charge is 2.20. The zero-order valence-corrected chi connectivity index (χ0v) is 15.1. The van der Waals surface area contributed by atoms with E-state index >= 15 is 0 Å². The van der Waals surface area contributed by atoms with Gasteiger partial charge in [-0.2, -0.15) is 0 Å². The van der Waals surface area contributed by atoms with Crippen LogP contribution in [0.15, 0.2) is 48.5 Å². The molecule has 0 aliphatic heterocycles. The Bertz CT molecular complexity index is 684. The van der Waals surface area contributed by atoms with Crippen LogP contribution < -0.4 is 19.5 Å². The van der Waals surface area contributed by atoms with Gasteiger partial charge in [-0.3, -0.25) is 4.79 Å². The van der Waals surface area contributed by atoms with Gasteiger partial charge in [0.05, 0.1) is 20.3 Å². The van der Waals surface area contributed by atoms with Crippen molar-refractivity contribution < 1.29 is 19.0 Å². The Morgan fingerprint density at radius 3 is 2.20 bits per heavy atom. The van der Waals surface area contributed by atoms with E-state index in [2.05, 4.69) is 5.32 Å². The highest BCUT2D eigenvalue weighted by Crippen LogP contribution is 2.27. The third-order valence-electron chi connectivity index (χ3n) is 3.98. The van der Waals surface area contributed by atoms with Crippen LogP contribution in [-0.2, 0) is 4.79 Å². The molecule has 0 saturated carbocycles. The van der Waals surface area contributed by atoms with Gasteiger partial charge in [0, 0.05) is 0 Å². The SMILES string of the molecule is CC[C@@H](NC(=O)[C@@H](C)Oc1ccccc1OC)c1ccc(OC)cc1. The number of benzene rings is 2. The summed E-state index contributed by atoms with van der Waals surface area (Å²) in [6.07, 6.45) is 0.142. The van der Waals surface area contributed by atoms with Crippen molar-refractivity contribution >= 4 is 5.91 Å². The van der Waals surface area contributed by atoms with E-state index < -0.39 is 6.10 Å². The first-order chi connectivity index (χ1) is 12.1. The van der Waals surface area contributed by atoms with Crippen molar-refractivity contribution in [2.45, 2.75) is 32.4 Å². The smallest absolute Gasteiger partial charge is 0.261 e. The molecule has 0 fully saturated rings.